The van der Waals surface area contributed by atoms with E-state index in [0.29, 0.717) is 5.92 Å². The maximum Gasteiger partial charge on any atom is 0.415 e. The first-order valence-electron chi connectivity index (χ1n) is 11.1. The molecule has 1 aromatic carbocycles. The molecule has 2 bridgehead atoms. The maximum atomic E-state index is 12.9. The normalized spacial score (nSPS) is 25.1. The summed E-state index contributed by atoms with van der Waals surface area (Å²) >= 11 is 1.58. The molecule has 30 heavy (non-hydrogen) atoms. The lowest BCUT2D eigenvalue weighted by atomic mass is 9.83. The summed E-state index contributed by atoms with van der Waals surface area (Å²) in [7, 11) is 1.83. The average Bonchev–Trinajstić information content (AvgIpc) is 3.23. The first-order chi connectivity index (χ1) is 14.6. The van der Waals surface area contributed by atoms with Gasteiger partial charge in [0.05, 0.1) is 19.6 Å². The standard InChI is InChI=1S/C25H33N2O2S/c1-3-8-22-14-18-30-24(22)26(2)25(28)29-23-19-27(16-12-21(23)13-17-27)15-7-11-20-9-5-4-6-10-20/h3-6,9-10,14,18,21,23H,1,7-8,11-13,15-17,19H2,2H3/q+1/t21?,23-,27?/m0/s1. The van der Waals surface area contributed by atoms with Gasteiger partial charge in [0.25, 0.3) is 0 Å². The van der Waals surface area contributed by atoms with Crippen LogP contribution < -0.4 is 4.90 Å². The summed E-state index contributed by atoms with van der Waals surface area (Å²) in [5, 5.41) is 2.99. The van der Waals surface area contributed by atoms with Crippen molar-refractivity contribution in [1.82, 2.24) is 0 Å². The summed E-state index contributed by atoms with van der Waals surface area (Å²) in [6.45, 7) is 8.44. The molecule has 0 unspecified atom stereocenters. The van der Waals surface area contributed by atoms with Crippen LogP contribution >= 0.6 is 11.3 Å². The zero-order valence-electron chi connectivity index (χ0n) is 18.0. The van der Waals surface area contributed by atoms with Gasteiger partial charge in [-0.3, -0.25) is 4.90 Å². The lowest BCUT2D eigenvalue weighted by Gasteiger charge is -2.52. The molecule has 0 radical (unpaired) electrons. The Hall–Kier alpha value is -2.11. The largest absolute Gasteiger partial charge is 0.440 e. The van der Waals surface area contributed by atoms with Gasteiger partial charge in [-0.1, -0.05) is 36.4 Å². The highest BCUT2D eigenvalue weighted by atomic mass is 32.1. The number of rotatable bonds is 8. The Morgan fingerprint density at radius 2 is 2.03 bits per heavy atom. The van der Waals surface area contributed by atoms with E-state index in [9.17, 15) is 4.79 Å². The first-order valence-corrected chi connectivity index (χ1v) is 12.0. The van der Waals surface area contributed by atoms with Crippen LogP contribution in [-0.2, 0) is 17.6 Å². The monoisotopic (exact) mass is 425 g/mol. The molecule has 0 aliphatic carbocycles. The number of carbonyl (C=O) groups is 1. The maximum absolute atomic E-state index is 12.9. The van der Waals surface area contributed by atoms with Crippen LogP contribution in [0.4, 0.5) is 9.80 Å². The summed E-state index contributed by atoms with van der Waals surface area (Å²) in [6.07, 6.45) is 7.13. The Balaban J connectivity index is 1.35. The fraction of sp³-hybridized carbons (Fsp3) is 0.480. The van der Waals surface area contributed by atoms with Crippen molar-refractivity contribution >= 4 is 22.4 Å². The van der Waals surface area contributed by atoms with Crippen LogP contribution in [0.1, 0.15) is 30.4 Å². The molecule has 5 rings (SSSR count). The van der Waals surface area contributed by atoms with E-state index in [0.717, 1.165) is 34.4 Å². The molecule has 0 spiro atoms. The second-order valence-electron chi connectivity index (χ2n) is 8.85. The molecule has 0 N–H and O–H groups in total. The van der Waals surface area contributed by atoms with Gasteiger partial charge in [-0.25, -0.2) is 4.79 Å². The Morgan fingerprint density at radius 3 is 2.77 bits per heavy atom. The predicted octanol–water partition coefficient (Wildman–Crippen LogP) is 5.29. The molecule has 3 saturated heterocycles. The van der Waals surface area contributed by atoms with Gasteiger partial charge in [-0.15, -0.1) is 17.9 Å². The topological polar surface area (TPSA) is 29.5 Å². The minimum Gasteiger partial charge on any atom is -0.440 e. The van der Waals surface area contributed by atoms with Crippen LogP contribution in [-0.4, -0.2) is 49.9 Å². The molecule has 2 aromatic rings. The molecule has 4 nitrogen and oxygen atoms in total. The molecule has 1 atom stereocenters. The van der Waals surface area contributed by atoms with Crippen LogP contribution in [0.2, 0.25) is 0 Å². The average molecular weight is 426 g/mol. The number of fused-ring (bicyclic) bond motifs is 3. The van der Waals surface area contributed by atoms with E-state index in [1.807, 2.05) is 18.5 Å². The third kappa shape index (κ3) is 4.62. The Bertz CT molecular complexity index is 855. The van der Waals surface area contributed by atoms with Crippen molar-refractivity contribution in [1.29, 1.82) is 0 Å². The zero-order chi connectivity index (χ0) is 21.0. The van der Waals surface area contributed by atoms with Crippen molar-refractivity contribution in [3.8, 4) is 0 Å². The highest BCUT2D eigenvalue weighted by Gasteiger charge is 2.47. The quantitative estimate of drug-likeness (QED) is 0.425. The smallest absolute Gasteiger partial charge is 0.415 e. The second kappa shape index (κ2) is 9.36. The zero-order valence-corrected chi connectivity index (χ0v) is 18.8. The van der Waals surface area contributed by atoms with Crippen molar-refractivity contribution in [2.75, 3.05) is 38.1 Å². The summed E-state index contributed by atoms with van der Waals surface area (Å²) < 4.78 is 7.20. The van der Waals surface area contributed by atoms with Gasteiger partial charge >= 0.3 is 6.09 Å². The number of ether oxygens (including phenoxy) is 1. The Labute approximate surface area is 184 Å². The summed E-state index contributed by atoms with van der Waals surface area (Å²) in [5.74, 6) is 0.521. The number of amides is 1. The molecule has 1 amide bonds. The highest BCUT2D eigenvalue weighted by molar-refractivity contribution is 7.14. The van der Waals surface area contributed by atoms with E-state index in [1.54, 1.807) is 16.2 Å². The molecule has 160 valence electrons. The number of thiophene rings is 1. The number of quaternary nitrogens is 1. The number of carbonyl (C=O) groups excluding carboxylic acids is 1. The Kier molecular flexibility index (Phi) is 6.59. The summed E-state index contributed by atoms with van der Waals surface area (Å²) in [4.78, 5) is 14.6. The summed E-state index contributed by atoms with van der Waals surface area (Å²) in [5.41, 5.74) is 2.55. The van der Waals surface area contributed by atoms with Crippen molar-refractivity contribution in [2.45, 2.75) is 38.2 Å². The number of aryl methyl sites for hydroxylation is 1. The third-order valence-electron chi connectivity index (χ3n) is 6.90. The molecule has 3 fully saturated rings. The van der Waals surface area contributed by atoms with Crippen molar-refractivity contribution < 1.29 is 14.0 Å². The molecule has 3 aliphatic rings. The van der Waals surface area contributed by atoms with E-state index in [1.165, 1.54) is 44.5 Å². The van der Waals surface area contributed by atoms with Gasteiger partial charge < -0.3 is 9.22 Å². The second-order valence-corrected chi connectivity index (χ2v) is 9.74. The van der Waals surface area contributed by atoms with Crippen LogP contribution in [0.5, 0.6) is 0 Å². The molecule has 1 aromatic heterocycles. The predicted molar refractivity (Wildman–Crippen MR) is 124 cm³/mol. The van der Waals surface area contributed by atoms with Gasteiger partial charge in [0.15, 0.2) is 6.10 Å². The number of allylic oxidation sites excluding steroid dienone is 1. The van der Waals surface area contributed by atoms with Crippen LogP contribution in [0.15, 0.2) is 54.4 Å². The van der Waals surface area contributed by atoms with E-state index >= 15 is 0 Å². The van der Waals surface area contributed by atoms with E-state index in [-0.39, 0.29) is 12.2 Å². The lowest BCUT2D eigenvalue weighted by Crippen LogP contribution is -2.65. The molecule has 4 heterocycles. The van der Waals surface area contributed by atoms with E-state index < -0.39 is 0 Å². The van der Waals surface area contributed by atoms with Crippen molar-refractivity contribution in [3.63, 3.8) is 0 Å². The fourth-order valence-electron chi connectivity index (χ4n) is 5.16. The molecule has 0 saturated carbocycles. The van der Waals surface area contributed by atoms with Crippen LogP contribution in [0.25, 0.3) is 0 Å². The highest BCUT2D eigenvalue weighted by Crippen LogP contribution is 2.37. The minimum absolute atomic E-state index is 0.0435. The molecular weight excluding hydrogens is 392 g/mol. The van der Waals surface area contributed by atoms with Gasteiger partial charge in [0, 0.05) is 32.2 Å². The SMILES string of the molecule is C=CCc1ccsc1N(C)C(=O)O[C@H]1C[N+]2(CCCc3ccccc3)CCC1CC2. The fourth-order valence-corrected chi connectivity index (χ4v) is 6.05. The third-order valence-corrected chi connectivity index (χ3v) is 7.93. The Morgan fingerprint density at radius 1 is 1.27 bits per heavy atom. The van der Waals surface area contributed by atoms with Gasteiger partial charge in [0.1, 0.15) is 11.5 Å². The first kappa shape index (κ1) is 21.1. The molecule has 5 heteroatoms. The van der Waals surface area contributed by atoms with E-state index in [4.69, 9.17) is 4.74 Å². The lowest BCUT2D eigenvalue weighted by molar-refractivity contribution is -0.946. The molecule has 3 aliphatic heterocycles. The number of piperidine rings is 3. The van der Waals surface area contributed by atoms with Crippen LogP contribution in [0, 0.1) is 5.92 Å². The number of nitrogens with zero attached hydrogens (tertiary/aromatic N) is 2. The van der Waals surface area contributed by atoms with Gasteiger partial charge in [-0.2, -0.15) is 0 Å². The van der Waals surface area contributed by atoms with Crippen molar-refractivity contribution in [2.24, 2.45) is 5.92 Å². The minimum atomic E-state index is -0.219. The summed E-state index contributed by atoms with van der Waals surface area (Å²) in [6, 6.07) is 12.8. The molecular formula is C25H33N2O2S+. The van der Waals surface area contributed by atoms with E-state index in [2.05, 4.69) is 43.0 Å². The number of anilines is 1. The number of hydrogen-bond acceptors (Lipinski definition) is 3. The number of benzene rings is 1. The number of hydrogen-bond donors (Lipinski definition) is 0. The van der Waals surface area contributed by atoms with Gasteiger partial charge in [0.2, 0.25) is 0 Å². The van der Waals surface area contributed by atoms with Crippen molar-refractivity contribution in [3.05, 3.63) is 65.6 Å². The van der Waals surface area contributed by atoms with Crippen LogP contribution in [0.3, 0.4) is 0 Å². The van der Waals surface area contributed by atoms with Gasteiger partial charge in [-0.05, 0) is 35.4 Å².